The second kappa shape index (κ2) is 8.91. The summed E-state index contributed by atoms with van der Waals surface area (Å²) in [5.41, 5.74) is 2.62. The van der Waals surface area contributed by atoms with Gasteiger partial charge in [-0.3, -0.25) is 14.7 Å². The number of carbonyl (C=O) groups excluding carboxylic acids is 3. The maximum atomic E-state index is 12.5. The van der Waals surface area contributed by atoms with Crippen molar-refractivity contribution in [3.8, 4) is 0 Å². The second-order valence-corrected chi connectivity index (χ2v) is 7.93. The molecular formula is C21H21N5O3S. The average Bonchev–Trinajstić information content (AvgIpc) is 3.50. The van der Waals surface area contributed by atoms with Crippen LogP contribution in [0.25, 0.3) is 0 Å². The van der Waals surface area contributed by atoms with Gasteiger partial charge in [-0.05, 0) is 17.0 Å². The summed E-state index contributed by atoms with van der Waals surface area (Å²) in [5, 5.41) is 14.5. The van der Waals surface area contributed by atoms with Crippen molar-refractivity contribution in [2.24, 2.45) is 0 Å². The molecule has 0 fully saturated rings. The molecule has 3 aromatic rings. The normalized spacial score (nSPS) is 12.5. The minimum Gasteiger partial charge on any atom is -0.334 e. The first kappa shape index (κ1) is 19.8. The fourth-order valence-electron chi connectivity index (χ4n) is 3.25. The number of carbonyl (C=O) groups is 3. The van der Waals surface area contributed by atoms with Crippen LogP contribution in [0.5, 0.6) is 0 Å². The van der Waals surface area contributed by atoms with Gasteiger partial charge in [0.1, 0.15) is 0 Å². The second-order valence-electron chi connectivity index (χ2n) is 6.98. The van der Waals surface area contributed by atoms with Crippen molar-refractivity contribution in [3.05, 3.63) is 69.5 Å². The fourth-order valence-corrected chi connectivity index (χ4v) is 3.95. The molecule has 0 radical (unpaired) electrons. The van der Waals surface area contributed by atoms with Crippen LogP contribution >= 0.6 is 11.3 Å². The molecule has 4 rings (SSSR count). The predicted octanol–water partition coefficient (Wildman–Crippen LogP) is 3.30. The van der Waals surface area contributed by atoms with Gasteiger partial charge in [0.2, 0.25) is 5.91 Å². The maximum Gasteiger partial charge on any atom is 0.318 e. The molecule has 0 saturated carbocycles. The zero-order valence-electron chi connectivity index (χ0n) is 16.2. The first-order valence-electron chi connectivity index (χ1n) is 9.59. The summed E-state index contributed by atoms with van der Waals surface area (Å²) in [7, 11) is 0. The zero-order chi connectivity index (χ0) is 20.9. The number of nitrogens with one attached hydrogen (secondary N) is 3. The van der Waals surface area contributed by atoms with Crippen molar-refractivity contribution < 1.29 is 14.4 Å². The van der Waals surface area contributed by atoms with Crippen LogP contribution in [0.1, 0.15) is 39.3 Å². The minimum atomic E-state index is -0.277. The number of aromatic amines is 1. The molecule has 9 heteroatoms. The summed E-state index contributed by atoms with van der Waals surface area (Å²) in [4.78, 5) is 39.1. The van der Waals surface area contributed by atoms with E-state index in [0.29, 0.717) is 30.3 Å². The Morgan fingerprint density at radius 1 is 1.07 bits per heavy atom. The predicted molar refractivity (Wildman–Crippen MR) is 113 cm³/mol. The van der Waals surface area contributed by atoms with E-state index in [1.54, 1.807) is 11.0 Å². The number of H-pyrrole nitrogens is 1. The van der Waals surface area contributed by atoms with E-state index < -0.39 is 0 Å². The lowest BCUT2D eigenvalue weighted by atomic mass is 10.2. The molecule has 3 N–H and O–H groups in total. The van der Waals surface area contributed by atoms with E-state index >= 15 is 0 Å². The van der Waals surface area contributed by atoms with E-state index in [4.69, 9.17) is 0 Å². The molecule has 1 aromatic carbocycles. The summed E-state index contributed by atoms with van der Waals surface area (Å²) in [5.74, 6) is 0.0896. The van der Waals surface area contributed by atoms with Crippen molar-refractivity contribution in [2.45, 2.75) is 32.5 Å². The number of hydrogen-bond acceptors (Lipinski definition) is 5. The number of amides is 3. The Kier molecular flexibility index (Phi) is 5.89. The van der Waals surface area contributed by atoms with Crippen molar-refractivity contribution in [1.29, 1.82) is 0 Å². The Labute approximate surface area is 177 Å². The Bertz CT molecular complexity index is 1050. The topological polar surface area (TPSA) is 107 Å². The molecule has 0 unspecified atom stereocenters. The Hall–Kier alpha value is -3.46. The molecule has 0 aliphatic carbocycles. The Morgan fingerprint density at radius 2 is 1.90 bits per heavy atom. The van der Waals surface area contributed by atoms with Gasteiger partial charge in [-0.1, -0.05) is 36.4 Å². The zero-order valence-corrected chi connectivity index (χ0v) is 17.0. The SMILES string of the molecule is O=C(CCC(=O)c1cccs1)Nc1n[nH]c2c1CN(C(=O)NCc1ccccc1)C2. The lowest BCUT2D eigenvalue weighted by Gasteiger charge is -2.17. The number of hydrogen-bond donors (Lipinski definition) is 3. The smallest absolute Gasteiger partial charge is 0.318 e. The fraction of sp³-hybridized carbons (Fsp3) is 0.238. The Balaban J connectivity index is 1.28. The van der Waals surface area contributed by atoms with Gasteiger partial charge >= 0.3 is 6.03 Å². The monoisotopic (exact) mass is 423 g/mol. The van der Waals surface area contributed by atoms with E-state index in [0.717, 1.165) is 16.8 Å². The van der Waals surface area contributed by atoms with Crippen molar-refractivity contribution in [2.75, 3.05) is 5.32 Å². The number of aromatic nitrogens is 2. The van der Waals surface area contributed by atoms with Crippen LogP contribution in [-0.4, -0.2) is 32.8 Å². The first-order chi connectivity index (χ1) is 14.6. The summed E-state index contributed by atoms with van der Waals surface area (Å²) in [6, 6.07) is 13.1. The van der Waals surface area contributed by atoms with Crippen LogP contribution in [-0.2, 0) is 24.4 Å². The van der Waals surface area contributed by atoms with E-state index in [2.05, 4.69) is 20.8 Å². The number of anilines is 1. The maximum absolute atomic E-state index is 12.5. The number of benzene rings is 1. The van der Waals surface area contributed by atoms with Gasteiger partial charge in [-0.25, -0.2) is 4.79 Å². The lowest BCUT2D eigenvalue weighted by Crippen LogP contribution is -2.36. The molecule has 1 aliphatic rings. The van der Waals surface area contributed by atoms with Gasteiger partial charge in [0.05, 0.1) is 23.7 Å². The third-order valence-corrected chi connectivity index (χ3v) is 5.77. The van der Waals surface area contributed by atoms with Gasteiger partial charge in [-0.2, -0.15) is 5.10 Å². The molecule has 8 nitrogen and oxygen atoms in total. The third kappa shape index (κ3) is 4.57. The average molecular weight is 423 g/mol. The molecule has 2 aromatic heterocycles. The van der Waals surface area contributed by atoms with Gasteiger partial charge in [0.15, 0.2) is 11.6 Å². The third-order valence-electron chi connectivity index (χ3n) is 4.86. The van der Waals surface area contributed by atoms with Gasteiger partial charge in [-0.15, -0.1) is 11.3 Å². The molecule has 30 heavy (non-hydrogen) atoms. The summed E-state index contributed by atoms with van der Waals surface area (Å²) < 4.78 is 0. The number of thiophene rings is 1. The van der Waals surface area contributed by atoms with Crippen LogP contribution in [0.2, 0.25) is 0 Å². The number of urea groups is 1. The highest BCUT2D eigenvalue weighted by Crippen LogP contribution is 2.27. The molecule has 0 spiro atoms. The molecule has 0 atom stereocenters. The van der Waals surface area contributed by atoms with Crippen LogP contribution in [0.4, 0.5) is 10.6 Å². The van der Waals surface area contributed by atoms with Crippen molar-refractivity contribution in [3.63, 3.8) is 0 Å². The van der Waals surface area contributed by atoms with E-state index in [1.807, 2.05) is 41.8 Å². The Morgan fingerprint density at radius 3 is 2.67 bits per heavy atom. The van der Waals surface area contributed by atoms with Crippen LogP contribution in [0.15, 0.2) is 47.8 Å². The largest absolute Gasteiger partial charge is 0.334 e. The molecule has 0 saturated heterocycles. The molecule has 3 heterocycles. The number of Topliss-reactive ketones (excluding diaryl/α,β-unsaturated/α-hetero) is 1. The first-order valence-corrected chi connectivity index (χ1v) is 10.5. The van der Waals surface area contributed by atoms with Gasteiger partial charge in [0, 0.05) is 24.9 Å². The van der Waals surface area contributed by atoms with Gasteiger partial charge < -0.3 is 15.5 Å². The molecular weight excluding hydrogens is 402 g/mol. The number of rotatable bonds is 7. The molecule has 3 amide bonds. The highest BCUT2D eigenvalue weighted by molar-refractivity contribution is 7.12. The molecule has 154 valence electrons. The number of nitrogens with zero attached hydrogens (tertiary/aromatic N) is 2. The summed E-state index contributed by atoms with van der Waals surface area (Å²) in [6.45, 7) is 1.20. The van der Waals surface area contributed by atoms with E-state index in [1.165, 1.54) is 11.3 Å². The summed E-state index contributed by atoms with van der Waals surface area (Å²) >= 11 is 1.37. The minimum absolute atomic E-state index is 0.0475. The van der Waals surface area contributed by atoms with E-state index in [-0.39, 0.29) is 30.6 Å². The molecule has 1 aliphatic heterocycles. The quantitative estimate of drug-likeness (QED) is 0.507. The summed E-state index contributed by atoms with van der Waals surface area (Å²) in [6.07, 6.45) is 0.229. The number of ketones is 1. The van der Waals surface area contributed by atoms with Crippen LogP contribution in [0.3, 0.4) is 0 Å². The molecule has 0 bridgehead atoms. The standard InChI is InChI=1S/C21H21N5O3S/c27-17(18-7-4-10-30-18)8-9-19(28)23-20-15-12-26(13-16(15)24-25-20)21(29)22-11-14-5-2-1-3-6-14/h1-7,10H,8-9,11-13H2,(H,22,29)(H2,23,24,25,28). The van der Waals surface area contributed by atoms with Crippen LogP contribution < -0.4 is 10.6 Å². The lowest BCUT2D eigenvalue weighted by molar-refractivity contribution is -0.116. The van der Waals surface area contributed by atoms with E-state index in [9.17, 15) is 14.4 Å². The van der Waals surface area contributed by atoms with Crippen molar-refractivity contribution in [1.82, 2.24) is 20.4 Å². The number of fused-ring (bicyclic) bond motifs is 1. The van der Waals surface area contributed by atoms with Gasteiger partial charge in [0.25, 0.3) is 0 Å². The van der Waals surface area contributed by atoms with Crippen LogP contribution in [0, 0.1) is 0 Å². The highest BCUT2D eigenvalue weighted by atomic mass is 32.1. The highest BCUT2D eigenvalue weighted by Gasteiger charge is 2.28. The van der Waals surface area contributed by atoms with Crippen molar-refractivity contribution >= 4 is 34.9 Å².